The monoisotopic (exact) mass is 269 g/mol. The highest BCUT2D eigenvalue weighted by Crippen LogP contribution is 2.18. The molecule has 0 saturated carbocycles. The number of carbonyl (C=O) groups excluding carboxylic acids is 1. The first-order chi connectivity index (χ1) is 8.39. The summed E-state index contributed by atoms with van der Waals surface area (Å²) >= 11 is 1.61. The maximum Gasteiger partial charge on any atom is 0.329 e. The lowest BCUT2D eigenvalue weighted by molar-refractivity contribution is -0.156. The van der Waals surface area contributed by atoms with Gasteiger partial charge in [-0.25, -0.2) is 4.79 Å². The van der Waals surface area contributed by atoms with Gasteiger partial charge in [-0.2, -0.15) is 0 Å². The van der Waals surface area contributed by atoms with E-state index in [0.717, 1.165) is 4.88 Å². The smallest absolute Gasteiger partial charge is 0.329 e. The number of nitrogens with zero attached hydrogens (tertiary/aromatic N) is 1. The predicted molar refractivity (Wildman–Crippen MR) is 71.7 cm³/mol. The van der Waals surface area contributed by atoms with Crippen LogP contribution in [-0.2, 0) is 16.0 Å². The van der Waals surface area contributed by atoms with Gasteiger partial charge in [0.05, 0.1) is 0 Å². The highest BCUT2D eigenvalue weighted by atomic mass is 32.1. The first-order valence-corrected chi connectivity index (χ1v) is 6.83. The molecular formula is C13H19NO3S. The molecule has 0 saturated heterocycles. The Kier molecular flexibility index (Phi) is 4.90. The zero-order chi connectivity index (χ0) is 13.8. The van der Waals surface area contributed by atoms with E-state index in [-0.39, 0.29) is 5.91 Å². The fourth-order valence-electron chi connectivity index (χ4n) is 1.82. The summed E-state index contributed by atoms with van der Waals surface area (Å²) in [6.45, 7) is 5.32. The molecule has 0 aliphatic rings. The van der Waals surface area contributed by atoms with E-state index in [9.17, 15) is 9.59 Å². The number of hydrogen-bond acceptors (Lipinski definition) is 3. The van der Waals surface area contributed by atoms with Crippen LogP contribution in [0.5, 0.6) is 0 Å². The average molecular weight is 269 g/mol. The second-order valence-electron chi connectivity index (χ2n) is 4.58. The lowest BCUT2D eigenvalue weighted by Crippen LogP contribution is -2.52. The molecule has 1 N–H and O–H groups in total. The van der Waals surface area contributed by atoms with E-state index in [0.29, 0.717) is 19.4 Å². The third-order valence-electron chi connectivity index (χ3n) is 2.98. The minimum absolute atomic E-state index is 0.113. The van der Waals surface area contributed by atoms with Crippen LogP contribution in [0.2, 0.25) is 0 Å². The van der Waals surface area contributed by atoms with E-state index in [4.69, 9.17) is 5.11 Å². The average Bonchev–Trinajstić information content (AvgIpc) is 2.79. The van der Waals surface area contributed by atoms with E-state index in [1.54, 1.807) is 32.1 Å². The van der Waals surface area contributed by atoms with Gasteiger partial charge in [0.1, 0.15) is 5.54 Å². The number of amides is 1. The zero-order valence-corrected chi connectivity index (χ0v) is 11.8. The Morgan fingerprint density at radius 2 is 2.11 bits per heavy atom. The van der Waals surface area contributed by atoms with Gasteiger partial charge in [0.15, 0.2) is 0 Å². The number of carboxylic acid groups (broad SMARTS) is 1. The molecule has 0 aromatic carbocycles. The molecule has 1 amide bonds. The van der Waals surface area contributed by atoms with E-state index in [2.05, 4.69) is 0 Å². The summed E-state index contributed by atoms with van der Waals surface area (Å²) in [5, 5.41) is 11.1. The second kappa shape index (κ2) is 6.00. The number of hydrogen-bond donors (Lipinski definition) is 1. The van der Waals surface area contributed by atoms with Crippen molar-refractivity contribution in [2.24, 2.45) is 0 Å². The van der Waals surface area contributed by atoms with E-state index in [1.165, 1.54) is 4.90 Å². The van der Waals surface area contributed by atoms with Crippen molar-refractivity contribution >= 4 is 23.2 Å². The minimum Gasteiger partial charge on any atom is -0.480 e. The molecule has 0 aliphatic carbocycles. The van der Waals surface area contributed by atoms with Crippen LogP contribution in [0.1, 0.15) is 32.1 Å². The van der Waals surface area contributed by atoms with Crippen LogP contribution in [0, 0.1) is 0 Å². The second-order valence-corrected chi connectivity index (χ2v) is 5.61. The van der Waals surface area contributed by atoms with Crippen LogP contribution in [0.15, 0.2) is 17.5 Å². The van der Waals surface area contributed by atoms with Crippen LogP contribution in [-0.4, -0.2) is 34.0 Å². The minimum atomic E-state index is -1.15. The summed E-state index contributed by atoms with van der Waals surface area (Å²) in [5.41, 5.74) is -1.15. The Morgan fingerprint density at radius 3 is 2.56 bits per heavy atom. The molecule has 0 radical (unpaired) electrons. The van der Waals surface area contributed by atoms with Crippen molar-refractivity contribution in [1.29, 1.82) is 0 Å². The third-order valence-corrected chi connectivity index (χ3v) is 3.92. The number of carboxylic acids is 1. The summed E-state index contributed by atoms with van der Waals surface area (Å²) in [6, 6.07) is 3.93. The number of rotatable bonds is 6. The van der Waals surface area contributed by atoms with Crippen molar-refractivity contribution in [2.75, 3.05) is 6.54 Å². The Morgan fingerprint density at radius 1 is 1.44 bits per heavy atom. The number of aliphatic carboxylic acids is 1. The topological polar surface area (TPSA) is 57.6 Å². The van der Waals surface area contributed by atoms with E-state index in [1.807, 2.05) is 17.5 Å². The molecule has 0 unspecified atom stereocenters. The fourth-order valence-corrected chi connectivity index (χ4v) is 2.53. The molecule has 0 spiro atoms. The van der Waals surface area contributed by atoms with Crippen LogP contribution >= 0.6 is 11.3 Å². The summed E-state index contributed by atoms with van der Waals surface area (Å²) in [7, 11) is 0. The van der Waals surface area contributed by atoms with Gasteiger partial charge in [-0.05, 0) is 38.6 Å². The highest BCUT2D eigenvalue weighted by molar-refractivity contribution is 7.09. The van der Waals surface area contributed by atoms with Gasteiger partial charge in [0.25, 0.3) is 0 Å². The maximum atomic E-state index is 12.1. The number of carbonyl (C=O) groups is 2. The Labute approximate surface area is 111 Å². The van der Waals surface area contributed by atoms with Gasteiger partial charge >= 0.3 is 5.97 Å². The largest absolute Gasteiger partial charge is 0.480 e. The molecule has 100 valence electrons. The normalized spacial score (nSPS) is 11.3. The molecule has 0 bridgehead atoms. The lowest BCUT2D eigenvalue weighted by Gasteiger charge is -2.34. The molecule has 18 heavy (non-hydrogen) atoms. The van der Waals surface area contributed by atoms with Crippen molar-refractivity contribution in [3.8, 4) is 0 Å². The van der Waals surface area contributed by atoms with Gasteiger partial charge < -0.3 is 10.0 Å². The van der Waals surface area contributed by atoms with Gasteiger partial charge in [-0.1, -0.05) is 6.07 Å². The third kappa shape index (κ3) is 3.32. The quantitative estimate of drug-likeness (QED) is 0.862. The molecule has 1 heterocycles. The Balaban J connectivity index is 2.65. The van der Waals surface area contributed by atoms with Crippen molar-refractivity contribution in [3.05, 3.63) is 22.4 Å². The van der Waals surface area contributed by atoms with Crippen molar-refractivity contribution in [2.45, 2.75) is 39.2 Å². The van der Waals surface area contributed by atoms with Gasteiger partial charge in [-0.15, -0.1) is 11.3 Å². The van der Waals surface area contributed by atoms with Crippen molar-refractivity contribution in [3.63, 3.8) is 0 Å². The predicted octanol–water partition coefficient (Wildman–Crippen LogP) is 2.39. The molecule has 1 aromatic rings. The summed E-state index contributed by atoms with van der Waals surface area (Å²) in [4.78, 5) is 25.8. The first kappa shape index (κ1) is 14.7. The van der Waals surface area contributed by atoms with Gasteiger partial charge in [0, 0.05) is 17.8 Å². The van der Waals surface area contributed by atoms with Gasteiger partial charge in [-0.3, -0.25) is 4.79 Å². The van der Waals surface area contributed by atoms with Gasteiger partial charge in [0.2, 0.25) is 5.91 Å². The molecule has 0 atom stereocenters. The zero-order valence-electron chi connectivity index (χ0n) is 11.0. The Bertz CT molecular complexity index is 412. The summed E-state index contributed by atoms with van der Waals surface area (Å²) in [6.07, 6.45) is 1.02. The fraction of sp³-hybridized carbons (Fsp3) is 0.538. The van der Waals surface area contributed by atoms with Crippen LogP contribution in [0.4, 0.5) is 0 Å². The van der Waals surface area contributed by atoms with Crippen molar-refractivity contribution in [1.82, 2.24) is 4.90 Å². The molecule has 1 aromatic heterocycles. The SMILES string of the molecule is CCN(C(=O)CCc1cccs1)C(C)(C)C(=O)O. The Hall–Kier alpha value is -1.36. The number of thiophene rings is 1. The molecule has 1 rings (SSSR count). The molecule has 4 nitrogen and oxygen atoms in total. The standard InChI is InChI=1S/C13H19NO3S/c1-4-14(13(2,3)12(16)17)11(15)8-7-10-6-5-9-18-10/h5-6,9H,4,7-8H2,1-3H3,(H,16,17). The maximum absolute atomic E-state index is 12.1. The molecule has 0 fully saturated rings. The van der Waals surface area contributed by atoms with E-state index >= 15 is 0 Å². The van der Waals surface area contributed by atoms with Crippen LogP contribution in [0.25, 0.3) is 0 Å². The van der Waals surface area contributed by atoms with Crippen molar-refractivity contribution < 1.29 is 14.7 Å². The number of aryl methyl sites for hydroxylation is 1. The summed E-state index contributed by atoms with van der Waals surface area (Å²) in [5.74, 6) is -1.09. The molecule has 0 aliphatic heterocycles. The van der Waals surface area contributed by atoms with Crippen LogP contribution < -0.4 is 0 Å². The van der Waals surface area contributed by atoms with Crippen LogP contribution in [0.3, 0.4) is 0 Å². The summed E-state index contributed by atoms with van der Waals surface area (Å²) < 4.78 is 0. The lowest BCUT2D eigenvalue weighted by atomic mass is 10.0. The molecule has 5 heteroatoms. The number of likely N-dealkylation sites (N-methyl/N-ethyl adjacent to an activating group) is 1. The highest BCUT2D eigenvalue weighted by Gasteiger charge is 2.36. The molecular weight excluding hydrogens is 250 g/mol. The van der Waals surface area contributed by atoms with E-state index < -0.39 is 11.5 Å². The first-order valence-electron chi connectivity index (χ1n) is 5.95.